The molecule has 0 saturated heterocycles. The number of nitrogens with one attached hydrogen (secondary N) is 1. The minimum Gasteiger partial charge on any atom is -0.497 e. The third kappa shape index (κ3) is 4.31. The van der Waals surface area contributed by atoms with Crippen LogP contribution in [0.3, 0.4) is 0 Å². The van der Waals surface area contributed by atoms with E-state index in [2.05, 4.69) is 15.0 Å². The molecule has 1 N–H and O–H groups in total. The monoisotopic (exact) mass is 419 g/mol. The lowest BCUT2D eigenvalue weighted by Gasteiger charge is -2.06. The van der Waals surface area contributed by atoms with Gasteiger partial charge in [0.15, 0.2) is 5.16 Å². The second-order valence-electron chi connectivity index (χ2n) is 6.79. The maximum Gasteiger partial charge on any atom is 0.252 e. The van der Waals surface area contributed by atoms with Crippen molar-refractivity contribution in [2.75, 3.05) is 7.11 Å². The number of oxazole rings is 1. The third-order valence-electron chi connectivity index (χ3n) is 4.70. The highest BCUT2D eigenvalue weighted by atomic mass is 32.2. The maximum absolute atomic E-state index is 12.2. The Morgan fingerprint density at radius 2 is 1.90 bits per heavy atom. The summed E-state index contributed by atoms with van der Waals surface area (Å²) in [4.78, 5) is 24.2. The lowest BCUT2D eigenvalue weighted by molar-refractivity contribution is 0.415. The average molecular weight is 420 g/mol. The van der Waals surface area contributed by atoms with Gasteiger partial charge in [-0.2, -0.15) is 0 Å². The number of nitrogens with zero attached hydrogens (tertiary/aromatic N) is 2. The van der Waals surface area contributed by atoms with Crippen LogP contribution in [-0.4, -0.2) is 22.1 Å². The highest BCUT2D eigenvalue weighted by Gasteiger charge is 2.14. The molecule has 4 rings (SSSR count). The summed E-state index contributed by atoms with van der Waals surface area (Å²) in [6.07, 6.45) is 0. The number of rotatable bonds is 6. The molecule has 0 aliphatic rings. The van der Waals surface area contributed by atoms with Crippen LogP contribution < -0.4 is 10.3 Å². The maximum atomic E-state index is 12.2. The van der Waals surface area contributed by atoms with Crippen molar-refractivity contribution in [3.63, 3.8) is 0 Å². The molecule has 2 heterocycles. The quantitative estimate of drug-likeness (QED) is 0.349. The number of H-pyrrole nitrogens is 1. The van der Waals surface area contributed by atoms with E-state index in [0.29, 0.717) is 28.2 Å². The first-order valence-electron chi connectivity index (χ1n) is 9.44. The van der Waals surface area contributed by atoms with E-state index in [9.17, 15) is 4.79 Å². The largest absolute Gasteiger partial charge is 0.497 e. The highest BCUT2D eigenvalue weighted by molar-refractivity contribution is 7.98. The van der Waals surface area contributed by atoms with Gasteiger partial charge < -0.3 is 14.1 Å². The lowest BCUT2D eigenvalue weighted by Crippen LogP contribution is -2.08. The topological polar surface area (TPSA) is 81.0 Å². The molecule has 0 aliphatic heterocycles. The van der Waals surface area contributed by atoms with Gasteiger partial charge in [-0.25, -0.2) is 9.97 Å². The van der Waals surface area contributed by atoms with Crippen LogP contribution in [0.5, 0.6) is 5.75 Å². The third-order valence-corrected chi connectivity index (χ3v) is 5.58. The number of ether oxygens (including phenoxy) is 1. The zero-order valence-electron chi connectivity index (χ0n) is 16.9. The van der Waals surface area contributed by atoms with E-state index >= 15 is 0 Å². The number of aromatic nitrogens is 3. The van der Waals surface area contributed by atoms with Gasteiger partial charge in [0.25, 0.3) is 5.56 Å². The number of aryl methyl sites for hydroxylation is 2. The summed E-state index contributed by atoms with van der Waals surface area (Å²) in [5, 5.41) is 0.528. The Kier molecular flexibility index (Phi) is 5.72. The predicted octanol–water partition coefficient (Wildman–Crippen LogP) is 5.01. The Labute approximate surface area is 178 Å². The van der Waals surface area contributed by atoms with Crippen LogP contribution in [0, 0.1) is 13.8 Å². The number of methoxy groups -OCH3 is 1. The fourth-order valence-electron chi connectivity index (χ4n) is 3.06. The molecule has 30 heavy (non-hydrogen) atoms. The lowest BCUT2D eigenvalue weighted by atomic mass is 10.1. The molecule has 0 fully saturated rings. The van der Waals surface area contributed by atoms with E-state index < -0.39 is 0 Å². The Hall–Kier alpha value is -3.32. The molecule has 0 spiro atoms. The van der Waals surface area contributed by atoms with Crippen LogP contribution in [0.2, 0.25) is 0 Å². The molecule has 2 aromatic carbocycles. The average Bonchev–Trinajstić information content (AvgIpc) is 3.12. The molecule has 0 unspecified atom stereocenters. The van der Waals surface area contributed by atoms with Gasteiger partial charge >= 0.3 is 0 Å². The Bertz CT molecular complexity index is 1250. The van der Waals surface area contributed by atoms with E-state index in [-0.39, 0.29) is 5.56 Å². The van der Waals surface area contributed by atoms with Crippen molar-refractivity contribution in [3.05, 3.63) is 82.0 Å². The molecule has 7 heteroatoms. The zero-order chi connectivity index (χ0) is 21.1. The van der Waals surface area contributed by atoms with Crippen LogP contribution >= 0.6 is 11.8 Å². The van der Waals surface area contributed by atoms with Gasteiger partial charge in [-0.1, -0.05) is 42.1 Å². The van der Waals surface area contributed by atoms with E-state index in [1.165, 1.54) is 17.8 Å². The first kappa shape index (κ1) is 20.0. The minimum absolute atomic E-state index is 0.206. The van der Waals surface area contributed by atoms with Crippen molar-refractivity contribution in [3.8, 4) is 28.5 Å². The molecular weight excluding hydrogens is 398 g/mol. The first-order chi connectivity index (χ1) is 14.5. The fourth-order valence-corrected chi connectivity index (χ4v) is 3.94. The highest BCUT2D eigenvalue weighted by Crippen LogP contribution is 2.28. The van der Waals surface area contributed by atoms with E-state index in [4.69, 9.17) is 9.15 Å². The Morgan fingerprint density at radius 1 is 1.07 bits per heavy atom. The Balaban J connectivity index is 1.57. The van der Waals surface area contributed by atoms with E-state index in [1.54, 1.807) is 7.11 Å². The molecule has 0 aliphatic carbocycles. The molecule has 0 atom stereocenters. The number of hydrogen-bond acceptors (Lipinski definition) is 6. The van der Waals surface area contributed by atoms with Gasteiger partial charge in [0.2, 0.25) is 5.89 Å². The summed E-state index contributed by atoms with van der Waals surface area (Å²) < 4.78 is 11.1. The van der Waals surface area contributed by atoms with Gasteiger partial charge in [-0.05, 0) is 37.6 Å². The van der Waals surface area contributed by atoms with E-state index in [1.807, 2.05) is 62.4 Å². The van der Waals surface area contributed by atoms with Gasteiger partial charge in [0.1, 0.15) is 11.5 Å². The molecule has 0 bridgehead atoms. The number of aromatic amines is 1. The van der Waals surface area contributed by atoms with E-state index in [0.717, 1.165) is 28.1 Å². The van der Waals surface area contributed by atoms with Gasteiger partial charge in [0.05, 0.1) is 18.5 Å². The Morgan fingerprint density at radius 3 is 2.70 bits per heavy atom. The van der Waals surface area contributed by atoms with Crippen LogP contribution in [0.1, 0.15) is 17.0 Å². The number of thioether (sulfide) groups is 1. The van der Waals surface area contributed by atoms with Gasteiger partial charge in [-0.3, -0.25) is 4.79 Å². The second-order valence-corrected chi connectivity index (χ2v) is 7.76. The number of benzene rings is 2. The summed E-state index contributed by atoms with van der Waals surface area (Å²) in [7, 11) is 1.61. The van der Waals surface area contributed by atoms with Crippen molar-refractivity contribution in [2.24, 2.45) is 0 Å². The smallest absolute Gasteiger partial charge is 0.252 e. The van der Waals surface area contributed by atoms with Crippen molar-refractivity contribution >= 4 is 11.8 Å². The summed E-state index contributed by atoms with van der Waals surface area (Å²) in [5.41, 5.74) is 4.12. The molecule has 6 nitrogen and oxygen atoms in total. The van der Waals surface area contributed by atoms with Crippen molar-refractivity contribution in [1.29, 1.82) is 0 Å². The summed E-state index contributed by atoms with van der Waals surface area (Å²) in [5.74, 6) is 2.61. The number of hydrogen-bond donors (Lipinski definition) is 1. The van der Waals surface area contributed by atoms with Gasteiger partial charge in [0, 0.05) is 22.9 Å². The standard InChI is InChI=1S/C23H21N3O3S/c1-14-7-4-5-10-18(14)22-24-20(15(2)29-22)13-30-23-25-19(12-21(27)26-23)16-8-6-9-17(11-16)28-3/h4-12H,13H2,1-3H3,(H,25,26,27). The fraction of sp³-hybridized carbons (Fsp3) is 0.174. The van der Waals surface area contributed by atoms with Crippen molar-refractivity contribution < 1.29 is 9.15 Å². The molecular formula is C23H21N3O3S. The molecule has 152 valence electrons. The molecule has 0 saturated carbocycles. The zero-order valence-corrected chi connectivity index (χ0v) is 17.7. The molecule has 4 aromatic rings. The molecule has 2 aromatic heterocycles. The second kappa shape index (κ2) is 8.59. The summed E-state index contributed by atoms with van der Waals surface area (Å²) in [6, 6.07) is 16.9. The van der Waals surface area contributed by atoms with Crippen LogP contribution in [-0.2, 0) is 5.75 Å². The molecule has 0 amide bonds. The van der Waals surface area contributed by atoms with Crippen LogP contribution in [0.15, 0.2) is 69.0 Å². The van der Waals surface area contributed by atoms with Crippen LogP contribution in [0.4, 0.5) is 0 Å². The van der Waals surface area contributed by atoms with Gasteiger partial charge in [-0.15, -0.1) is 0 Å². The minimum atomic E-state index is -0.206. The summed E-state index contributed by atoms with van der Waals surface area (Å²) >= 11 is 1.41. The molecule has 0 radical (unpaired) electrons. The summed E-state index contributed by atoms with van der Waals surface area (Å²) in [6.45, 7) is 3.93. The SMILES string of the molecule is COc1cccc(-c2cc(=O)[nH]c(SCc3nc(-c4ccccc4C)oc3C)n2)c1. The van der Waals surface area contributed by atoms with Crippen molar-refractivity contribution in [2.45, 2.75) is 24.8 Å². The van der Waals surface area contributed by atoms with Crippen LogP contribution in [0.25, 0.3) is 22.7 Å². The normalized spacial score (nSPS) is 10.9. The predicted molar refractivity (Wildman–Crippen MR) is 118 cm³/mol. The van der Waals surface area contributed by atoms with Crippen molar-refractivity contribution in [1.82, 2.24) is 15.0 Å². The first-order valence-corrected chi connectivity index (χ1v) is 10.4.